The third-order valence-electron chi connectivity index (χ3n) is 4.30. The minimum Gasteiger partial charge on any atom is -0.335 e. The largest absolute Gasteiger partial charge is 0.335 e. The Balaban J connectivity index is 1.47. The van der Waals surface area contributed by atoms with Crippen molar-refractivity contribution in [2.45, 2.75) is 63.5 Å². The van der Waals surface area contributed by atoms with Crippen molar-refractivity contribution in [3.05, 3.63) is 17.5 Å². The summed E-state index contributed by atoms with van der Waals surface area (Å²) in [5, 5.41) is 13.3. The van der Waals surface area contributed by atoms with E-state index in [1.807, 2.05) is 6.20 Å². The van der Waals surface area contributed by atoms with E-state index in [4.69, 9.17) is 0 Å². The van der Waals surface area contributed by atoms with Gasteiger partial charge in [-0.25, -0.2) is 4.79 Å². The third-order valence-corrected chi connectivity index (χ3v) is 4.30. The summed E-state index contributed by atoms with van der Waals surface area (Å²) >= 11 is 0. The molecule has 5 nitrogen and oxygen atoms in total. The lowest BCUT2D eigenvalue weighted by Gasteiger charge is -2.26. The summed E-state index contributed by atoms with van der Waals surface area (Å²) in [6.07, 6.45) is 10.8. The molecular weight excluding hydrogens is 240 g/mol. The molecule has 2 amide bonds. The number of H-pyrrole nitrogens is 1. The fourth-order valence-electron chi connectivity index (χ4n) is 3.19. The molecule has 1 aromatic rings. The van der Waals surface area contributed by atoms with Crippen molar-refractivity contribution in [2.75, 3.05) is 0 Å². The van der Waals surface area contributed by atoms with Gasteiger partial charge in [-0.05, 0) is 31.2 Å². The number of nitrogens with zero attached hydrogens (tertiary/aromatic N) is 1. The summed E-state index contributed by atoms with van der Waals surface area (Å²) in [6.45, 7) is 0. The maximum Gasteiger partial charge on any atom is 0.315 e. The zero-order chi connectivity index (χ0) is 13.1. The predicted molar refractivity (Wildman–Crippen MR) is 72.9 cm³/mol. The number of hydrogen-bond acceptors (Lipinski definition) is 2. The van der Waals surface area contributed by atoms with Gasteiger partial charge in [0.2, 0.25) is 0 Å². The Bertz CT molecular complexity index is 436. The Morgan fingerprint density at radius 1 is 1.16 bits per heavy atom. The normalized spacial score (nSPS) is 23.7. The number of aromatic amines is 1. The summed E-state index contributed by atoms with van der Waals surface area (Å²) in [5.74, 6) is 0. The topological polar surface area (TPSA) is 69.8 Å². The molecule has 2 aliphatic carbocycles. The van der Waals surface area contributed by atoms with Gasteiger partial charge < -0.3 is 10.6 Å². The van der Waals surface area contributed by atoms with E-state index in [2.05, 4.69) is 20.8 Å². The number of hydrogen-bond donors (Lipinski definition) is 3. The summed E-state index contributed by atoms with van der Waals surface area (Å²) < 4.78 is 0. The molecular formula is C14H22N4O. The molecule has 0 radical (unpaired) electrons. The van der Waals surface area contributed by atoms with E-state index in [0.717, 1.165) is 32.1 Å². The Labute approximate surface area is 113 Å². The Hall–Kier alpha value is -1.52. The second-order valence-corrected chi connectivity index (χ2v) is 5.77. The van der Waals surface area contributed by atoms with Crippen LogP contribution in [0.15, 0.2) is 6.20 Å². The predicted octanol–water partition coefficient (Wildman–Crippen LogP) is 1.90. The van der Waals surface area contributed by atoms with Crippen molar-refractivity contribution in [2.24, 2.45) is 0 Å². The second kappa shape index (κ2) is 5.63. The van der Waals surface area contributed by atoms with Gasteiger partial charge in [0.15, 0.2) is 0 Å². The van der Waals surface area contributed by atoms with E-state index >= 15 is 0 Å². The zero-order valence-corrected chi connectivity index (χ0v) is 11.2. The summed E-state index contributed by atoms with van der Waals surface area (Å²) in [4.78, 5) is 12.0. The first-order valence-corrected chi connectivity index (χ1v) is 7.39. The highest BCUT2D eigenvalue weighted by molar-refractivity contribution is 5.74. The number of nitrogens with one attached hydrogen (secondary N) is 3. The Morgan fingerprint density at radius 2 is 1.95 bits per heavy atom. The molecule has 104 valence electrons. The highest BCUT2D eigenvalue weighted by atomic mass is 16.2. The molecule has 19 heavy (non-hydrogen) atoms. The first-order chi connectivity index (χ1) is 9.31. The molecule has 0 spiro atoms. The van der Waals surface area contributed by atoms with Crippen LogP contribution in [-0.4, -0.2) is 28.3 Å². The van der Waals surface area contributed by atoms with Crippen molar-refractivity contribution in [3.8, 4) is 0 Å². The Kier molecular flexibility index (Phi) is 3.71. The zero-order valence-electron chi connectivity index (χ0n) is 11.2. The maximum absolute atomic E-state index is 12.0. The van der Waals surface area contributed by atoms with Crippen LogP contribution < -0.4 is 10.6 Å². The molecule has 1 heterocycles. The van der Waals surface area contributed by atoms with Gasteiger partial charge in [-0.2, -0.15) is 5.10 Å². The molecule has 3 N–H and O–H groups in total. The third kappa shape index (κ3) is 3.08. The minimum absolute atomic E-state index is 0.000125. The van der Waals surface area contributed by atoms with Gasteiger partial charge in [0.25, 0.3) is 0 Å². The maximum atomic E-state index is 12.0. The molecule has 2 aliphatic rings. The smallest absolute Gasteiger partial charge is 0.315 e. The van der Waals surface area contributed by atoms with Gasteiger partial charge in [-0.15, -0.1) is 0 Å². The standard InChI is InChI=1S/C14H22N4O/c19-14(16-11-4-2-1-3-5-11)17-12-7-6-10-9-15-18-13(10)8-12/h9,11-12H,1-8H2,(H,15,18)(H2,16,17,19). The number of amides is 2. The van der Waals surface area contributed by atoms with Gasteiger partial charge in [0.1, 0.15) is 0 Å². The minimum atomic E-state index is -0.000125. The molecule has 3 rings (SSSR count). The number of carbonyl (C=O) groups is 1. The van der Waals surface area contributed by atoms with Crippen LogP contribution in [-0.2, 0) is 12.8 Å². The molecule has 0 saturated heterocycles. The average Bonchev–Trinajstić information content (AvgIpc) is 2.87. The number of fused-ring (bicyclic) bond motifs is 1. The van der Waals surface area contributed by atoms with Crippen LogP contribution in [0.5, 0.6) is 0 Å². The quantitative estimate of drug-likeness (QED) is 0.762. The Morgan fingerprint density at radius 3 is 2.79 bits per heavy atom. The highest BCUT2D eigenvalue weighted by Crippen LogP contribution is 2.19. The molecule has 1 unspecified atom stereocenters. The number of aryl methyl sites for hydroxylation is 1. The molecule has 1 aromatic heterocycles. The van der Waals surface area contributed by atoms with Crippen molar-refractivity contribution >= 4 is 6.03 Å². The van der Waals surface area contributed by atoms with Crippen molar-refractivity contribution in [3.63, 3.8) is 0 Å². The molecule has 0 aromatic carbocycles. The summed E-state index contributed by atoms with van der Waals surface area (Å²) in [5.41, 5.74) is 2.47. The van der Waals surface area contributed by atoms with E-state index in [-0.39, 0.29) is 12.1 Å². The van der Waals surface area contributed by atoms with Crippen LogP contribution in [0.3, 0.4) is 0 Å². The molecule has 1 atom stereocenters. The first kappa shape index (κ1) is 12.5. The van der Waals surface area contributed by atoms with E-state index in [0.29, 0.717) is 6.04 Å². The van der Waals surface area contributed by atoms with Gasteiger partial charge in [0, 0.05) is 24.2 Å². The number of urea groups is 1. The van der Waals surface area contributed by atoms with Crippen molar-refractivity contribution < 1.29 is 4.79 Å². The van der Waals surface area contributed by atoms with Crippen LogP contribution >= 0.6 is 0 Å². The van der Waals surface area contributed by atoms with Crippen molar-refractivity contribution in [1.29, 1.82) is 0 Å². The summed E-state index contributed by atoms with van der Waals surface area (Å²) in [7, 11) is 0. The van der Waals surface area contributed by atoms with E-state index in [1.165, 1.54) is 30.5 Å². The van der Waals surface area contributed by atoms with Gasteiger partial charge in [-0.3, -0.25) is 5.10 Å². The number of aromatic nitrogens is 2. The molecule has 1 saturated carbocycles. The lowest BCUT2D eigenvalue weighted by atomic mass is 9.93. The first-order valence-electron chi connectivity index (χ1n) is 7.39. The SMILES string of the molecule is O=C(NC1CCCCC1)NC1CCc2cn[nH]c2C1. The molecule has 5 heteroatoms. The van der Waals surface area contributed by atoms with Crippen LogP contribution in [0.4, 0.5) is 4.79 Å². The van der Waals surface area contributed by atoms with Crippen LogP contribution in [0.2, 0.25) is 0 Å². The van der Waals surface area contributed by atoms with Gasteiger partial charge in [0.05, 0.1) is 6.20 Å². The lowest BCUT2D eigenvalue weighted by molar-refractivity contribution is 0.227. The molecule has 1 fully saturated rings. The number of rotatable bonds is 2. The fraction of sp³-hybridized carbons (Fsp3) is 0.714. The van der Waals surface area contributed by atoms with Crippen LogP contribution in [0, 0.1) is 0 Å². The average molecular weight is 262 g/mol. The van der Waals surface area contributed by atoms with Crippen LogP contribution in [0.25, 0.3) is 0 Å². The monoisotopic (exact) mass is 262 g/mol. The van der Waals surface area contributed by atoms with Gasteiger partial charge >= 0.3 is 6.03 Å². The van der Waals surface area contributed by atoms with E-state index < -0.39 is 0 Å². The fourth-order valence-corrected chi connectivity index (χ4v) is 3.19. The lowest BCUT2D eigenvalue weighted by Crippen LogP contribution is -2.48. The van der Waals surface area contributed by atoms with E-state index in [9.17, 15) is 4.79 Å². The number of carbonyl (C=O) groups excluding carboxylic acids is 1. The highest BCUT2D eigenvalue weighted by Gasteiger charge is 2.22. The van der Waals surface area contributed by atoms with Gasteiger partial charge in [-0.1, -0.05) is 19.3 Å². The summed E-state index contributed by atoms with van der Waals surface area (Å²) in [6, 6.07) is 0.608. The molecule has 0 aliphatic heterocycles. The van der Waals surface area contributed by atoms with Crippen LogP contribution in [0.1, 0.15) is 49.8 Å². The van der Waals surface area contributed by atoms with E-state index in [1.54, 1.807) is 0 Å². The molecule has 0 bridgehead atoms. The van der Waals surface area contributed by atoms with Crippen molar-refractivity contribution in [1.82, 2.24) is 20.8 Å². The second-order valence-electron chi connectivity index (χ2n) is 5.77.